The molecule has 23 heavy (non-hydrogen) atoms. The van der Waals surface area contributed by atoms with Crippen LogP contribution in [0.4, 0.5) is 11.8 Å². The van der Waals surface area contributed by atoms with E-state index in [1.165, 1.54) is 31.5 Å². The van der Waals surface area contributed by atoms with Gasteiger partial charge in [-0.3, -0.25) is 0 Å². The maximum absolute atomic E-state index is 5.80. The van der Waals surface area contributed by atoms with Crippen LogP contribution >= 0.6 is 0 Å². The van der Waals surface area contributed by atoms with Gasteiger partial charge in [0, 0.05) is 44.1 Å². The van der Waals surface area contributed by atoms with E-state index in [9.17, 15) is 0 Å². The molecule has 122 valence electrons. The molecule has 2 N–H and O–H groups in total. The third-order valence-corrected chi connectivity index (χ3v) is 5.16. The van der Waals surface area contributed by atoms with Gasteiger partial charge < -0.3 is 15.2 Å². The molecule has 1 atom stereocenters. The zero-order valence-corrected chi connectivity index (χ0v) is 13.4. The van der Waals surface area contributed by atoms with E-state index in [-0.39, 0.29) is 0 Å². The summed E-state index contributed by atoms with van der Waals surface area (Å²) in [5, 5.41) is 0. The van der Waals surface area contributed by atoms with Crippen molar-refractivity contribution in [1.82, 2.24) is 19.5 Å². The topological polar surface area (TPSA) is 72.9 Å². The van der Waals surface area contributed by atoms with E-state index in [2.05, 4.69) is 30.6 Å². The molecule has 0 spiro atoms. The molecule has 2 fully saturated rings. The van der Waals surface area contributed by atoms with Gasteiger partial charge in [-0.05, 0) is 37.7 Å². The second-order valence-electron chi connectivity index (χ2n) is 6.80. The number of imidazole rings is 1. The van der Waals surface area contributed by atoms with Gasteiger partial charge in [-0.1, -0.05) is 6.42 Å². The van der Waals surface area contributed by atoms with E-state index in [0.29, 0.717) is 11.7 Å². The number of nitrogens with zero attached hydrogens (tertiary/aromatic N) is 5. The zero-order chi connectivity index (χ0) is 15.6. The maximum atomic E-state index is 5.80. The van der Waals surface area contributed by atoms with Crippen molar-refractivity contribution in [3.05, 3.63) is 30.5 Å². The third-order valence-electron chi connectivity index (χ3n) is 5.16. The molecule has 2 aromatic heterocycles. The molecule has 4 rings (SSSR count). The van der Waals surface area contributed by atoms with E-state index in [0.717, 1.165) is 37.9 Å². The standard InChI is InChI=1S/C17H24N6/c18-15-6-7-20-17(21-15)23-9-2-5-14(12-23)16-19-8-10-22(16)11-13-3-1-4-13/h6-8,10,13-14H,1-5,9,11-12H2,(H2,18,20,21). The highest BCUT2D eigenvalue weighted by Gasteiger charge is 2.27. The average Bonchev–Trinajstić information content (AvgIpc) is 2.99. The highest BCUT2D eigenvalue weighted by Crippen LogP contribution is 2.31. The Balaban J connectivity index is 1.50. The molecule has 1 aliphatic heterocycles. The lowest BCUT2D eigenvalue weighted by Gasteiger charge is -2.33. The van der Waals surface area contributed by atoms with Gasteiger partial charge in [0.15, 0.2) is 0 Å². The molecule has 3 heterocycles. The van der Waals surface area contributed by atoms with Crippen molar-refractivity contribution < 1.29 is 0 Å². The summed E-state index contributed by atoms with van der Waals surface area (Å²) in [5.41, 5.74) is 5.80. The Morgan fingerprint density at radius 2 is 2.04 bits per heavy atom. The fourth-order valence-electron chi connectivity index (χ4n) is 3.67. The van der Waals surface area contributed by atoms with Crippen molar-refractivity contribution in [1.29, 1.82) is 0 Å². The summed E-state index contributed by atoms with van der Waals surface area (Å²) in [7, 11) is 0. The molecule has 1 unspecified atom stereocenters. The molecule has 0 aromatic carbocycles. The van der Waals surface area contributed by atoms with Gasteiger partial charge in [0.25, 0.3) is 0 Å². The number of aromatic nitrogens is 4. The van der Waals surface area contributed by atoms with E-state index < -0.39 is 0 Å². The monoisotopic (exact) mass is 312 g/mol. The van der Waals surface area contributed by atoms with Gasteiger partial charge in [-0.15, -0.1) is 0 Å². The first-order valence-electron chi connectivity index (χ1n) is 8.64. The zero-order valence-electron chi connectivity index (χ0n) is 13.4. The lowest BCUT2D eigenvalue weighted by molar-refractivity contribution is 0.270. The highest BCUT2D eigenvalue weighted by molar-refractivity contribution is 5.38. The summed E-state index contributed by atoms with van der Waals surface area (Å²) in [5.74, 6) is 3.80. The van der Waals surface area contributed by atoms with Gasteiger partial charge in [0.1, 0.15) is 11.6 Å². The van der Waals surface area contributed by atoms with E-state index >= 15 is 0 Å². The van der Waals surface area contributed by atoms with Crippen molar-refractivity contribution >= 4 is 11.8 Å². The number of anilines is 2. The lowest BCUT2D eigenvalue weighted by Crippen LogP contribution is -2.36. The van der Waals surface area contributed by atoms with Crippen LogP contribution in [0, 0.1) is 5.92 Å². The summed E-state index contributed by atoms with van der Waals surface area (Å²) < 4.78 is 2.37. The number of hydrogen-bond acceptors (Lipinski definition) is 5. The van der Waals surface area contributed by atoms with Crippen LogP contribution in [0.15, 0.2) is 24.7 Å². The van der Waals surface area contributed by atoms with Crippen LogP contribution in [0.1, 0.15) is 43.8 Å². The summed E-state index contributed by atoms with van der Waals surface area (Å²) in [6.45, 7) is 3.04. The van der Waals surface area contributed by atoms with Crippen molar-refractivity contribution in [2.24, 2.45) is 5.92 Å². The predicted octanol–water partition coefficient (Wildman–Crippen LogP) is 2.44. The second-order valence-corrected chi connectivity index (χ2v) is 6.80. The molecule has 2 aromatic rings. The SMILES string of the molecule is Nc1ccnc(N2CCCC(c3nccn3CC3CCC3)C2)n1. The van der Waals surface area contributed by atoms with Gasteiger partial charge >= 0.3 is 0 Å². The fourth-order valence-corrected chi connectivity index (χ4v) is 3.67. The minimum atomic E-state index is 0.448. The molecule has 1 aliphatic carbocycles. The van der Waals surface area contributed by atoms with Crippen molar-refractivity contribution in [3.63, 3.8) is 0 Å². The van der Waals surface area contributed by atoms with Gasteiger partial charge in [0.05, 0.1) is 0 Å². The van der Waals surface area contributed by atoms with Crippen LogP contribution in [-0.4, -0.2) is 32.6 Å². The Morgan fingerprint density at radius 1 is 1.13 bits per heavy atom. The van der Waals surface area contributed by atoms with Gasteiger partial charge in [0.2, 0.25) is 5.95 Å². The summed E-state index contributed by atoms with van der Waals surface area (Å²) in [6, 6.07) is 1.73. The summed E-state index contributed by atoms with van der Waals surface area (Å²) >= 11 is 0. The van der Waals surface area contributed by atoms with Gasteiger partial charge in [-0.2, -0.15) is 4.98 Å². The van der Waals surface area contributed by atoms with Crippen LogP contribution < -0.4 is 10.6 Å². The van der Waals surface area contributed by atoms with Crippen LogP contribution in [0.3, 0.4) is 0 Å². The van der Waals surface area contributed by atoms with Crippen molar-refractivity contribution in [2.75, 3.05) is 23.7 Å². The summed E-state index contributed by atoms with van der Waals surface area (Å²) in [6.07, 6.45) is 12.3. The second kappa shape index (κ2) is 6.18. The molecule has 0 amide bonds. The first kappa shape index (κ1) is 14.5. The van der Waals surface area contributed by atoms with Crippen LogP contribution in [0.25, 0.3) is 0 Å². The number of piperidine rings is 1. The smallest absolute Gasteiger partial charge is 0.227 e. The van der Waals surface area contributed by atoms with Crippen LogP contribution in [0.5, 0.6) is 0 Å². The molecular formula is C17H24N6. The number of nitrogen functional groups attached to an aromatic ring is 1. The highest BCUT2D eigenvalue weighted by atomic mass is 15.3. The van der Waals surface area contributed by atoms with Crippen LogP contribution in [-0.2, 0) is 6.54 Å². The normalized spacial score (nSPS) is 22.1. The maximum Gasteiger partial charge on any atom is 0.227 e. The Morgan fingerprint density at radius 3 is 2.83 bits per heavy atom. The molecule has 2 aliphatic rings. The van der Waals surface area contributed by atoms with E-state index in [1.54, 1.807) is 12.3 Å². The first-order valence-corrected chi connectivity index (χ1v) is 8.64. The molecule has 1 saturated carbocycles. The molecule has 6 heteroatoms. The van der Waals surface area contributed by atoms with Crippen molar-refractivity contribution in [2.45, 2.75) is 44.6 Å². The largest absolute Gasteiger partial charge is 0.384 e. The Bertz CT molecular complexity index is 663. The Kier molecular flexibility index (Phi) is 3.89. The van der Waals surface area contributed by atoms with E-state index in [4.69, 9.17) is 5.73 Å². The Hall–Kier alpha value is -2.11. The average molecular weight is 312 g/mol. The number of hydrogen-bond donors (Lipinski definition) is 1. The minimum Gasteiger partial charge on any atom is -0.384 e. The Labute approximate surface area is 136 Å². The number of rotatable bonds is 4. The lowest BCUT2D eigenvalue weighted by atomic mass is 9.85. The third kappa shape index (κ3) is 3.02. The summed E-state index contributed by atoms with van der Waals surface area (Å²) in [4.78, 5) is 15.7. The first-order chi connectivity index (χ1) is 11.3. The van der Waals surface area contributed by atoms with E-state index in [1.807, 2.05) is 6.20 Å². The predicted molar refractivity (Wildman–Crippen MR) is 90.2 cm³/mol. The molecule has 6 nitrogen and oxygen atoms in total. The van der Waals surface area contributed by atoms with Gasteiger partial charge in [-0.25, -0.2) is 9.97 Å². The molecule has 0 radical (unpaired) electrons. The minimum absolute atomic E-state index is 0.448. The van der Waals surface area contributed by atoms with Crippen LogP contribution in [0.2, 0.25) is 0 Å². The van der Waals surface area contributed by atoms with Crippen molar-refractivity contribution in [3.8, 4) is 0 Å². The number of nitrogens with two attached hydrogens (primary N) is 1. The fraction of sp³-hybridized carbons (Fsp3) is 0.588. The molecular weight excluding hydrogens is 288 g/mol. The molecule has 0 bridgehead atoms. The molecule has 1 saturated heterocycles. The quantitative estimate of drug-likeness (QED) is 0.938.